The Balaban J connectivity index is 2.26. The van der Waals surface area contributed by atoms with Gasteiger partial charge in [0.15, 0.2) is 0 Å². The summed E-state index contributed by atoms with van der Waals surface area (Å²) in [5.41, 5.74) is -1.23. The van der Waals surface area contributed by atoms with Gasteiger partial charge in [0, 0.05) is 6.54 Å². The van der Waals surface area contributed by atoms with Gasteiger partial charge in [-0.3, -0.25) is 0 Å². The normalized spacial score (nSPS) is 23.7. The quantitative estimate of drug-likeness (QED) is 0.717. The Morgan fingerprint density at radius 3 is 2.16 bits per heavy atom. The Bertz CT molecular complexity index is 321. The molecule has 1 aliphatic rings. The molecule has 0 atom stereocenters. The Morgan fingerprint density at radius 1 is 1.16 bits per heavy atom. The van der Waals surface area contributed by atoms with E-state index in [1.807, 2.05) is 0 Å². The van der Waals surface area contributed by atoms with Gasteiger partial charge in [-0.25, -0.2) is 9.59 Å². The third-order valence-electron chi connectivity index (χ3n) is 4.06. The third kappa shape index (κ3) is 5.09. The van der Waals surface area contributed by atoms with Gasteiger partial charge < -0.3 is 15.7 Å². The minimum absolute atomic E-state index is 0.398. The minimum Gasteiger partial charge on any atom is -0.480 e. The van der Waals surface area contributed by atoms with Crippen molar-refractivity contribution >= 4 is 12.0 Å². The average molecular weight is 270 g/mol. The molecule has 0 aromatic heterocycles. The third-order valence-corrected chi connectivity index (χ3v) is 4.06. The first kappa shape index (κ1) is 15.8. The zero-order valence-corrected chi connectivity index (χ0v) is 12.2. The monoisotopic (exact) mass is 270 g/mol. The van der Waals surface area contributed by atoms with Crippen molar-refractivity contribution in [2.45, 2.75) is 58.4 Å². The fourth-order valence-corrected chi connectivity index (χ4v) is 2.46. The molecule has 0 spiro atoms. The fourth-order valence-electron chi connectivity index (χ4n) is 2.46. The second-order valence-electron chi connectivity index (χ2n) is 6.06. The van der Waals surface area contributed by atoms with Crippen LogP contribution >= 0.6 is 0 Å². The van der Waals surface area contributed by atoms with Crippen molar-refractivity contribution in [3.8, 4) is 0 Å². The smallest absolute Gasteiger partial charge is 0.328 e. The second-order valence-corrected chi connectivity index (χ2v) is 6.06. The van der Waals surface area contributed by atoms with Crippen LogP contribution in [0.1, 0.15) is 52.9 Å². The number of rotatable bonds is 5. The second kappa shape index (κ2) is 6.78. The van der Waals surface area contributed by atoms with Crippen LogP contribution in [0.5, 0.6) is 0 Å². The highest BCUT2D eigenvalue weighted by molar-refractivity contribution is 5.85. The van der Waals surface area contributed by atoms with Crippen molar-refractivity contribution in [3.05, 3.63) is 0 Å². The highest BCUT2D eigenvalue weighted by atomic mass is 16.4. The summed E-state index contributed by atoms with van der Waals surface area (Å²) in [6.45, 7) is 5.81. The molecule has 1 saturated carbocycles. The topological polar surface area (TPSA) is 78.4 Å². The number of carbonyl (C=O) groups excluding carboxylic acids is 1. The lowest BCUT2D eigenvalue weighted by atomic mass is 9.81. The van der Waals surface area contributed by atoms with Crippen molar-refractivity contribution < 1.29 is 14.7 Å². The maximum atomic E-state index is 11.6. The zero-order valence-electron chi connectivity index (χ0n) is 12.2. The molecular formula is C14H26N2O3. The summed E-state index contributed by atoms with van der Waals surface area (Å²) in [5, 5.41) is 14.2. The highest BCUT2D eigenvalue weighted by Gasteiger charge is 2.29. The number of hydrogen-bond donors (Lipinski definition) is 3. The van der Waals surface area contributed by atoms with Gasteiger partial charge in [-0.15, -0.1) is 0 Å². The van der Waals surface area contributed by atoms with E-state index in [-0.39, 0.29) is 0 Å². The van der Waals surface area contributed by atoms with Crippen LogP contribution in [0, 0.1) is 11.8 Å². The molecule has 0 heterocycles. The van der Waals surface area contributed by atoms with E-state index in [0.717, 1.165) is 18.8 Å². The highest BCUT2D eigenvalue weighted by Crippen LogP contribution is 2.29. The molecule has 1 fully saturated rings. The van der Waals surface area contributed by atoms with E-state index in [0.29, 0.717) is 12.5 Å². The van der Waals surface area contributed by atoms with E-state index in [4.69, 9.17) is 5.11 Å². The maximum Gasteiger partial charge on any atom is 0.328 e. The van der Waals surface area contributed by atoms with Gasteiger partial charge >= 0.3 is 12.0 Å². The molecule has 5 heteroatoms. The minimum atomic E-state index is -1.23. The summed E-state index contributed by atoms with van der Waals surface area (Å²) in [6, 6.07) is -0.398. The SMILES string of the molecule is CCC1CCC(CNC(=O)NC(C)(C)C(=O)O)CC1. The number of carbonyl (C=O) groups is 2. The number of aliphatic carboxylic acids is 1. The lowest BCUT2D eigenvalue weighted by molar-refractivity contribution is -0.142. The summed E-state index contributed by atoms with van der Waals surface area (Å²) < 4.78 is 0. The van der Waals surface area contributed by atoms with Crippen LogP contribution < -0.4 is 10.6 Å². The van der Waals surface area contributed by atoms with Crippen molar-refractivity contribution in [1.29, 1.82) is 0 Å². The molecule has 0 aliphatic heterocycles. The average Bonchev–Trinajstić information content (AvgIpc) is 2.36. The van der Waals surface area contributed by atoms with E-state index >= 15 is 0 Å². The zero-order chi connectivity index (χ0) is 14.5. The van der Waals surface area contributed by atoms with Gasteiger partial charge in [-0.1, -0.05) is 26.2 Å². The largest absolute Gasteiger partial charge is 0.480 e. The molecule has 0 radical (unpaired) electrons. The summed E-state index contributed by atoms with van der Waals surface area (Å²) in [4.78, 5) is 22.5. The molecule has 0 aromatic carbocycles. The Hall–Kier alpha value is -1.26. The Labute approximate surface area is 115 Å². The van der Waals surface area contributed by atoms with E-state index in [1.54, 1.807) is 0 Å². The van der Waals surface area contributed by atoms with Gasteiger partial charge in [0.1, 0.15) is 5.54 Å². The molecule has 0 aromatic rings. The van der Waals surface area contributed by atoms with Crippen molar-refractivity contribution in [2.24, 2.45) is 11.8 Å². The van der Waals surface area contributed by atoms with Crippen LogP contribution in [0.15, 0.2) is 0 Å². The fraction of sp³-hybridized carbons (Fsp3) is 0.857. The first-order valence-corrected chi connectivity index (χ1v) is 7.14. The molecule has 0 bridgehead atoms. The number of nitrogens with one attached hydrogen (secondary N) is 2. The molecule has 0 saturated heterocycles. The van der Waals surface area contributed by atoms with E-state index in [9.17, 15) is 9.59 Å². The van der Waals surface area contributed by atoms with Crippen LogP contribution in [0.25, 0.3) is 0 Å². The predicted octanol–water partition coefficient (Wildman–Crippen LogP) is 2.37. The van der Waals surface area contributed by atoms with E-state index < -0.39 is 17.5 Å². The Kier molecular flexibility index (Phi) is 5.63. The number of carboxylic acid groups (broad SMARTS) is 1. The first-order chi connectivity index (χ1) is 8.85. The lowest BCUT2D eigenvalue weighted by Crippen LogP contribution is -2.53. The molecule has 1 rings (SSSR count). The Morgan fingerprint density at radius 2 is 1.68 bits per heavy atom. The van der Waals surface area contributed by atoms with Crippen molar-refractivity contribution in [2.75, 3.05) is 6.54 Å². The molecule has 19 heavy (non-hydrogen) atoms. The number of amides is 2. The molecular weight excluding hydrogens is 244 g/mol. The van der Waals surface area contributed by atoms with Crippen LogP contribution in [0.3, 0.4) is 0 Å². The van der Waals surface area contributed by atoms with Gasteiger partial charge in [-0.05, 0) is 38.5 Å². The molecule has 110 valence electrons. The summed E-state index contributed by atoms with van der Waals surface area (Å²) >= 11 is 0. The van der Waals surface area contributed by atoms with Crippen molar-refractivity contribution in [1.82, 2.24) is 10.6 Å². The van der Waals surface area contributed by atoms with Crippen LogP contribution in [-0.4, -0.2) is 29.2 Å². The van der Waals surface area contributed by atoms with Gasteiger partial charge in [0.25, 0.3) is 0 Å². The van der Waals surface area contributed by atoms with Crippen LogP contribution in [0.2, 0.25) is 0 Å². The summed E-state index contributed by atoms with van der Waals surface area (Å²) in [5.74, 6) is 0.337. The summed E-state index contributed by atoms with van der Waals surface area (Å²) in [6.07, 6.45) is 6.03. The number of urea groups is 1. The predicted molar refractivity (Wildman–Crippen MR) is 74.0 cm³/mol. The van der Waals surface area contributed by atoms with Gasteiger partial charge in [0.2, 0.25) is 0 Å². The molecule has 1 aliphatic carbocycles. The van der Waals surface area contributed by atoms with Crippen molar-refractivity contribution in [3.63, 3.8) is 0 Å². The standard InChI is InChI=1S/C14H26N2O3/c1-4-10-5-7-11(8-6-10)9-15-13(19)16-14(2,3)12(17)18/h10-11H,4-9H2,1-3H3,(H,17,18)(H2,15,16,19). The van der Waals surface area contributed by atoms with Gasteiger partial charge in [0.05, 0.1) is 0 Å². The number of carboxylic acids is 1. The molecule has 0 unspecified atom stereocenters. The van der Waals surface area contributed by atoms with Crippen LogP contribution in [0.4, 0.5) is 4.79 Å². The van der Waals surface area contributed by atoms with Crippen LogP contribution in [-0.2, 0) is 4.79 Å². The first-order valence-electron chi connectivity index (χ1n) is 7.14. The van der Waals surface area contributed by atoms with Gasteiger partial charge in [-0.2, -0.15) is 0 Å². The number of hydrogen-bond acceptors (Lipinski definition) is 2. The maximum absolute atomic E-state index is 11.6. The molecule has 3 N–H and O–H groups in total. The molecule has 5 nitrogen and oxygen atoms in total. The van der Waals surface area contributed by atoms with E-state index in [1.165, 1.54) is 33.1 Å². The van der Waals surface area contributed by atoms with E-state index in [2.05, 4.69) is 17.6 Å². The lowest BCUT2D eigenvalue weighted by Gasteiger charge is -2.28. The summed E-state index contributed by atoms with van der Waals surface area (Å²) in [7, 11) is 0. The molecule has 2 amide bonds.